The summed E-state index contributed by atoms with van der Waals surface area (Å²) in [4.78, 5) is 20.3. The molecule has 2 heterocycles. The number of anilines is 1. The number of nitrogens with zero attached hydrogens (tertiary/aromatic N) is 2. The molecule has 3 rings (SSSR count). The number of nitrogens with one attached hydrogen (secondary N) is 2. The first-order valence-electron chi connectivity index (χ1n) is 8.19. The van der Waals surface area contributed by atoms with Crippen LogP contribution < -0.4 is 10.2 Å². The first-order chi connectivity index (χ1) is 12.0. The van der Waals surface area contributed by atoms with Gasteiger partial charge in [-0.1, -0.05) is 0 Å². The smallest absolute Gasteiger partial charge is 0.321 e. The van der Waals surface area contributed by atoms with Crippen LogP contribution in [0.15, 0.2) is 30.7 Å². The van der Waals surface area contributed by atoms with Gasteiger partial charge in [0.15, 0.2) is 11.6 Å². The summed E-state index contributed by atoms with van der Waals surface area (Å²) < 4.78 is 26.4. The maximum absolute atomic E-state index is 13.4. The van der Waals surface area contributed by atoms with Crippen molar-refractivity contribution in [1.29, 1.82) is 0 Å². The van der Waals surface area contributed by atoms with Crippen LogP contribution in [0.4, 0.5) is 14.5 Å². The van der Waals surface area contributed by atoms with E-state index in [-0.39, 0.29) is 6.04 Å². The Labute approximate surface area is 143 Å². The van der Waals surface area contributed by atoms with Crippen LogP contribution in [0.2, 0.25) is 0 Å². The summed E-state index contributed by atoms with van der Waals surface area (Å²) in [5, 5.41) is 12.6. The second kappa shape index (κ2) is 7.60. The highest BCUT2D eigenvalue weighted by molar-refractivity contribution is 5.73. The third-order valence-electron chi connectivity index (χ3n) is 4.48. The zero-order valence-corrected chi connectivity index (χ0v) is 13.6. The van der Waals surface area contributed by atoms with E-state index in [2.05, 4.69) is 15.3 Å². The number of rotatable bonds is 6. The van der Waals surface area contributed by atoms with Crippen LogP contribution in [-0.4, -0.2) is 46.2 Å². The van der Waals surface area contributed by atoms with E-state index in [0.29, 0.717) is 25.2 Å². The number of aromatic nitrogens is 2. The molecule has 0 spiro atoms. The van der Waals surface area contributed by atoms with Crippen molar-refractivity contribution in [2.45, 2.75) is 31.3 Å². The third-order valence-corrected chi connectivity index (χ3v) is 4.48. The summed E-state index contributed by atoms with van der Waals surface area (Å²) >= 11 is 0. The highest BCUT2D eigenvalue weighted by Gasteiger charge is 2.26. The van der Waals surface area contributed by atoms with Crippen LogP contribution in [0, 0.1) is 11.6 Å². The van der Waals surface area contributed by atoms with Crippen LogP contribution in [-0.2, 0) is 11.2 Å². The lowest BCUT2D eigenvalue weighted by atomic mass is 10.0. The number of hydrogen-bond donors (Lipinski definition) is 3. The number of carboxylic acid groups (broad SMARTS) is 1. The minimum absolute atomic E-state index is 0.0607. The molecule has 25 heavy (non-hydrogen) atoms. The molecule has 1 fully saturated rings. The molecule has 2 aromatic rings. The Morgan fingerprint density at radius 3 is 2.72 bits per heavy atom. The number of piperidine rings is 1. The number of benzene rings is 1. The average Bonchev–Trinajstić information content (AvgIpc) is 3.10. The standard InChI is InChI=1S/C17H20F2N4O2/c18-14-2-1-13(8-15(14)19)23-5-3-11(4-6-23)22-16(17(24)25)7-12-9-20-10-21-12/h1-2,8-11,16,22H,3-7H2,(H,20,21)(H,24,25). The van der Waals surface area contributed by atoms with Crippen LogP contribution in [0.25, 0.3) is 0 Å². The topological polar surface area (TPSA) is 81.2 Å². The van der Waals surface area contributed by atoms with Gasteiger partial charge < -0.3 is 20.3 Å². The summed E-state index contributed by atoms with van der Waals surface area (Å²) in [7, 11) is 0. The van der Waals surface area contributed by atoms with Gasteiger partial charge in [-0.15, -0.1) is 0 Å². The number of aromatic amines is 1. The zero-order chi connectivity index (χ0) is 17.8. The van der Waals surface area contributed by atoms with Crippen molar-refractivity contribution in [2.75, 3.05) is 18.0 Å². The van der Waals surface area contributed by atoms with Crippen molar-refractivity contribution in [1.82, 2.24) is 15.3 Å². The fourth-order valence-corrected chi connectivity index (χ4v) is 3.10. The van der Waals surface area contributed by atoms with Gasteiger partial charge in [0.1, 0.15) is 6.04 Å². The lowest BCUT2D eigenvalue weighted by Gasteiger charge is -2.35. The van der Waals surface area contributed by atoms with E-state index >= 15 is 0 Å². The minimum atomic E-state index is -0.905. The van der Waals surface area contributed by atoms with Gasteiger partial charge in [0, 0.05) is 49.2 Å². The molecule has 1 aromatic heterocycles. The first kappa shape index (κ1) is 17.3. The van der Waals surface area contributed by atoms with Gasteiger partial charge in [-0.25, -0.2) is 13.8 Å². The molecule has 3 N–H and O–H groups in total. The molecule has 1 atom stereocenters. The SMILES string of the molecule is O=C(O)C(Cc1cnc[nH]1)NC1CCN(c2ccc(F)c(F)c2)CC1. The highest BCUT2D eigenvalue weighted by atomic mass is 19.2. The van der Waals surface area contributed by atoms with Gasteiger partial charge in [-0.2, -0.15) is 0 Å². The fraction of sp³-hybridized carbons (Fsp3) is 0.412. The van der Waals surface area contributed by atoms with Crippen molar-refractivity contribution in [3.63, 3.8) is 0 Å². The van der Waals surface area contributed by atoms with Gasteiger partial charge in [-0.05, 0) is 25.0 Å². The normalized spacial score (nSPS) is 16.8. The molecule has 0 radical (unpaired) electrons. The Hall–Kier alpha value is -2.48. The van der Waals surface area contributed by atoms with Crippen LogP contribution in [0.3, 0.4) is 0 Å². The number of halogens is 2. The number of imidazole rings is 1. The van der Waals surface area contributed by atoms with E-state index in [4.69, 9.17) is 0 Å². The maximum Gasteiger partial charge on any atom is 0.321 e. The van der Waals surface area contributed by atoms with Gasteiger partial charge in [-0.3, -0.25) is 4.79 Å². The molecular weight excluding hydrogens is 330 g/mol. The molecule has 0 aliphatic carbocycles. The molecule has 1 aromatic carbocycles. The van der Waals surface area contributed by atoms with Gasteiger partial charge in [0.05, 0.1) is 6.33 Å². The van der Waals surface area contributed by atoms with E-state index in [1.807, 2.05) is 4.90 Å². The quantitative estimate of drug-likeness (QED) is 0.742. The summed E-state index contributed by atoms with van der Waals surface area (Å²) in [6, 6.07) is 3.25. The van der Waals surface area contributed by atoms with Crippen LogP contribution in [0.1, 0.15) is 18.5 Å². The summed E-state index contributed by atoms with van der Waals surface area (Å²) in [5.41, 5.74) is 1.41. The number of carboxylic acids is 1. The molecule has 8 heteroatoms. The van der Waals surface area contributed by atoms with E-state index in [9.17, 15) is 18.7 Å². The Kier molecular flexibility index (Phi) is 5.28. The molecule has 0 bridgehead atoms. The van der Waals surface area contributed by atoms with Gasteiger partial charge in [0.2, 0.25) is 0 Å². The molecule has 1 unspecified atom stereocenters. The van der Waals surface area contributed by atoms with E-state index < -0.39 is 23.6 Å². The van der Waals surface area contributed by atoms with Crippen LogP contribution in [0.5, 0.6) is 0 Å². The maximum atomic E-state index is 13.4. The second-order valence-electron chi connectivity index (χ2n) is 6.20. The minimum Gasteiger partial charge on any atom is -0.480 e. The lowest BCUT2D eigenvalue weighted by Crippen LogP contribution is -2.49. The molecule has 6 nitrogen and oxygen atoms in total. The summed E-state index contributed by atoms with van der Waals surface area (Å²) in [6.07, 6.45) is 4.92. The monoisotopic (exact) mass is 350 g/mol. The molecule has 1 aliphatic rings. The largest absolute Gasteiger partial charge is 0.480 e. The number of aliphatic carboxylic acids is 1. The molecule has 0 amide bonds. The van der Waals surface area contributed by atoms with Gasteiger partial charge >= 0.3 is 5.97 Å². The molecule has 0 saturated carbocycles. The predicted molar refractivity (Wildman–Crippen MR) is 88.4 cm³/mol. The number of carbonyl (C=O) groups is 1. The first-order valence-corrected chi connectivity index (χ1v) is 8.19. The van der Waals surface area contributed by atoms with Gasteiger partial charge in [0.25, 0.3) is 0 Å². The Morgan fingerprint density at radius 2 is 2.12 bits per heavy atom. The lowest BCUT2D eigenvalue weighted by molar-refractivity contribution is -0.139. The van der Waals surface area contributed by atoms with E-state index in [0.717, 1.165) is 24.6 Å². The predicted octanol–water partition coefficient (Wildman–Crippen LogP) is 1.94. The Balaban J connectivity index is 1.55. The Morgan fingerprint density at radius 1 is 1.36 bits per heavy atom. The van der Waals surface area contributed by atoms with Crippen molar-refractivity contribution < 1.29 is 18.7 Å². The van der Waals surface area contributed by atoms with Crippen molar-refractivity contribution in [2.24, 2.45) is 0 Å². The molecule has 134 valence electrons. The highest BCUT2D eigenvalue weighted by Crippen LogP contribution is 2.22. The number of hydrogen-bond acceptors (Lipinski definition) is 4. The van der Waals surface area contributed by atoms with E-state index in [1.54, 1.807) is 12.3 Å². The van der Waals surface area contributed by atoms with Crippen molar-refractivity contribution >= 4 is 11.7 Å². The Bertz CT molecular complexity index is 715. The zero-order valence-electron chi connectivity index (χ0n) is 13.6. The molecular formula is C17H20F2N4O2. The average molecular weight is 350 g/mol. The third kappa shape index (κ3) is 4.33. The van der Waals surface area contributed by atoms with E-state index in [1.165, 1.54) is 12.4 Å². The number of H-pyrrole nitrogens is 1. The van der Waals surface area contributed by atoms with Crippen LogP contribution >= 0.6 is 0 Å². The summed E-state index contributed by atoms with van der Waals surface area (Å²) in [6.45, 7) is 1.30. The fourth-order valence-electron chi connectivity index (χ4n) is 3.10. The molecule has 1 aliphatic heterocycles. The summed E-state index contributed by atoms with van der Waals surface area (Å²) in [5.74, 6) is -2.62. The second-order valence-corrected chi connectivity index (χ2v) is 6.20. The van der Waals surface area contributed by atoms with Crippen molar-refractivity contribution in [3.05, 3.63) is 48.1 Å². The van der Waals surface area contributed by atoms with Crippen molar-refractivity contribution in [3.8, 4) is 0 Å². The molecule has 1 saturated heterocycles.